The molecule has 0 saturated heterocycles. The van der Waals surface area contributed by atoms with Gasteiger partial charge in [-0.1, -0.05) is 22.0 Å². The van der Waals surface area contributed by atoms with Crippen LogP contribution in [0, 0.1) is 0 Å². The number of carbonyl (C=O) groups is 2. The Morgan fingerprint density at radius 3 is 2.83 bits per heavy atom. The van der Waals surface area contributed by atoms with E-state index in [-0.39, 0.29) is 6.29 Å². The highest BCUT2D eigenvalue weighted by Crippen LogP contribution is 2.14. The number of hydrogen-bond donors (Lipinski definition) is 1. The number of amides is 1. The number of aldehydes is 1. The number of rotatable bonds is 2. The Balaban J connectivity index is 2.76. The van der Waals surface area contributed by atoms with Crippen LogP contribution in [-0.4, -0.2) is 12.2 Å². The van der Waals surface area contributed by atoms with Crippen molar-refractivity contribution in [3.63, 3.8) is 0 Å². The maximum absolute atomic E-state index is 10.6. The van der Waals surface area contributed by atoms with Crippen molar-refractivity contribution in [3.8, 4) is 0 Å². The molecule has 1 aromatic rings. The van der Waals surface area contributed by atoms with Crippen LogP contribution < -0.4 is 5.32 Å². The molecular formula is C8H6BrNO2. The summed E-state index contributed by atoms with van der Waals surface area (Å²) in [5, 5.41) is 2.40. The fourth-order valence-corrected chi connectivity index (χ4v) is 1.14. The lowest BCUT2D eigenvalue weighted by Gasteiger charge is -1.99. The van der Waals surface area contributed by atoms with Crippen molar-refractivity contribution in [3.05, 3.63) is 28.7 Å². The molecule has 0 aliphatic rings. The first-order valence-corrected chi connectivity index (χ1v) is 4.03. The van der Waals surface area contributed by atoms with Gasteiger partial charge < -0.3 is 5.32 Å². The van der Waals surface area contributed by atoms with E-state index in [1.165, 1.54) is 0 Å². The van der Waals surface area contributed by atoms with Crippen LogP contribution in [0.3, 0.4) is 0 Å². The topological polar surface area (TPSA) is 46.2 Å². The molecule has 0 aliphatic carbocycles. The first-order valence-electron chi connectivity index (χ1n) is 3.24. The molecule has 0 radical (unpaired) electrons. The van der Waals surface area contributed by atoms with Crippen LogP contribution in [0.1, 0.15) is 0 Å². The molecule has 0 aliphatic heterocycles. The van der Waals surface area contributed by atoms with Crippen LogP contribution >= 0.6 is 15.9 Å². The predicted octanol–water partition coefficient (Wildman–Crippen LogP) is 1.59. The van der Waals surface area contributed by atoms with Gasteiger partial charge in [-0.25, -0.2) is 0 Å². The van der Waals surface area contributed by atoms with Crippen LogP contribution in [-0.2, 0) is 9.59 Å². The molecule has 3 nitrogen and oxygen atoms in total. The van der Waals surface area contributed by atoms with Gasteiger partial charge in [-0.05, 0) is 18.2 Å². The molecule has 0 atom stereocenters. The van der Waals surface area contributed by atoms with Crippen molar-refractivity contribution >= 4 is 33.8 Å². The Bertz CT molecular complexity index is 312. The lowest BCUT2D eigenvalue weighted by molar-refractivity contribution is -0.127. The largest absolute Gasteiger partial charge is 0.320 e. The van der Waals surface area contributed by atoms with Gasteiger partial charge >= 0.3 is 0 Å². The van der Waals surface area contributed by atoms with Crippen molar-refractivity contribution < 1.29 is 9.59 Å². The molecule has 0 saturated carbocycles. The molecular weight excluding hydrogens is 222 g/mol. The maximum atomic E-state index is 10.6. The number of anilines is 1. The minimum atomic E-state index is -0.645. The zero-order chi connectivity index (χ0) is 8.97. The van der Waals surface area contributed by atoms with E-state index in [0.717, 1.165) is 4.47 Å². The molecule has 0 heterocycles. The molecule has 0 aromatic heterocycles. The Hall–Kier alpha value is -1.16. The van der Waals surface area contributed by atoms with Gasteiger partial charge in [-0.15, -0.1) is 0 Å². The summed E-state index contributed by atoms with van der Waals surface area (Å²) in [5.74, 6) is -0.645. The molecule has 1 aromatic carbocycles. The molecule has 1 rings (SSSR count). The highest BCUT2D eigenvalue weighted by atomic mass is 79.9. The quantitative estimate of drug-likeness (QED) is 0.617. The second-order valence-corrected chi connectivity index (χ2v) is 3.03. The highest BCUT2D eigenvalue weighted by Gasteiger charge is 1.98. The van der Waals surface area contributed by atoms with Crippen molar-refractivity contribution in [2.75, 3.05) is 5.32 Å². The minimum absolute atomic E-state index is 0.237. The van der Waals surface area contributed by atoms with Crippen molar-refractivity contribution in [2.45, 2.75) is 0 Å². The minimum Gasteiger partial charge on any atom is -0.320 e. The number of nitrogens with one attached hydrogen (secondary N) is 1. The van der Waals surface area contributed by atoms with E-state index >= 15 is 0 Å². The second-order valence-electron chi connectivity index (χ2n) is 2.12. The van der Waals surface area contributed by atoms with E-state index in [2.05, 4.69) is 21.2 Å². The molecule has 1 N–H and O–H groups in total. The molecule has 62 valence electrons. The fraction of sp³-hybridized carbons (Fsp3) is 0. The van der Waals surface area contributed by atoms with Crippen LogP contribution in [0.2, 0.25) is 0 Å². The third kappa shape index (κ3) is 2.47. The lowest BCUT2D eigenvalue weighted by Crippen LogP contribution is -2.11. The summed E-state index contributed by atoms with van der Waals surface area (Å²) in [7, 11) is 0. The third-order valence-electron chi connectivity index (χ3n) is 1.20. The Morgan fingerprint density at radius 1 is 1.50 bits per heavy atom. The Labute approximate surface area is 77.9 Å². The Kier molecular flexibility index (Phi) is 2.99. The van der Waals surface area contributed by atoms with Gasteiger partial charge in [0, 0.05) is 10.2 Å². The highest BCUT2D eigenvalue weighted by molar-refractivity contribution is 9.10. The molecule has 4 heteroatoms. The first kappa shape index (κ1) is 8.93. The van der Waals surface area contributed by atoms with Gasteiger partial charge in [0.2, 0.25) is 6.29 Å². The van der Waals surface area contributed by atoms with Gasteiger partial charge in [0.25, 0.3) is 5.91 Å². The van der Waals surface area contributed by atoms with Crippen LogP contribution in [0.25, 0.3) is 0 Å². The van der Waals surface area contributed by atoms with E-state index in [4.69, 9.17) is 0 Å². The smallest absolute Gasteiger partial charge is 0.288 e. The van der Waals surface area contributed by atoms with Gasteiger partial charge in [0.1, 0.15) is 0 Å². The lowest BCUT2D eigenvalue weighted by atomic mass is 10.3. The zero-order valence-electron chi connectivity index (χ0n) is 6.08. The number of carbonyl (C=O) groups excluding carboxylic acids is 2. The molecule has 0 bridgehead atoms. The Morgan fingerprint density at radius 2 is 2.25 bits per heavy atom. The van der Waals surface area contributed by atoms with E-state index in [9.17, 15) is 9.59 Å². The summed E-state index contributed by atoms with van der Waals surface area (Å²) in [6, 6.07) is 7.01. The van der Waals surface area contributed by atoms with Gasteiger partial charge in [-0.2, -0.15) is 0 Å². The van der Waals surface area contributed by atoms with Crippen molar-refractivity contribution in [1.82, 2.24) is 0 Å². The fourth-order valence-electron chi connectivity index (χ4n) is 0.738. The number of halogens is 1. The van der Waals surface area contributed by atoms with E-state index in [1.807, 2.05) is 6.07 Å². The van der Waals surface area contributed by atoms with Gasteiger partial charge in [-0.3, -0.25) is 9.59 Å². The molecule has 0 fully saturated rings. The summed E-state index contributed by atoms with van der Waals surface area (Å²) in [6.07, 6.45) is 0.237. The molecule has 1 amide bonds. The molecule has 12 heavy (non-hydrogen) atoms. The van der Waals surface area contributed by atoms with E-state index in [1.54, 1.807) is 18.2 Å². The average Bonchev–Trinajstić information content (AvgIpc) is 2.04. The first-order chi connectivity index (χ1) is 5.72. The normalized spacial score (nSPS) is 9.08. The molecule has 0 unspecified atom stereocenters. The number of hydrogen-bond acceptors (Lipinski definition) is 2. The van der Waals surface area contributed by atoms with Gasteiger partial charge in [0.15, 0.2) is 0 Å². The summed E-state index contributed by atoms with van der Waals surface area (Å²) in [5.41, 5.74) is 0.599. The van der Waals surface area contributed by atoms with Crippen LogP contribution in [0.5, 0.6) is 0 Å². The van der Waals surface area contributed by atoms with Gasteiger partial charge in [0.05, 0.1) is 0 Å². The molecule has 0 spiro atoms. The zero-order valence-corrected chi connectivity index (χ0v) is 7.67. The maximum Gasteiger partial charge on any atom is 0.288 e. The third-order valence-corrected chi connectivity index (χ3v) is 1.69. The van der Waals surface area contributed by atoms with Crippen molar-refractivity contribution in [1.29, 1.82) is 0 Å². The SMILES string of the molecule is O=CC(=O)Nc1cccc(Br)c1. The second kappa shape index (κ2) is 4.01. The summed E-state index contributed by atoms with van der Waals surface area (Å²) in [6.45, 7) is 0. The standard InChI is InChI=1S/C8H6BrNO2/c9-6-2-1-3-7(4-6)10-8(12)5-11/h1-5H,(H,10,12). The van der Waals surface area contributed by atoms with E-state index < -0.39 is 5.91 Å². The van der Waals surface area contributed by atoms with Crippen LogP contribution in [0.4, 0.5) is 5.69 Å². The summed E-state index contributed by atoms with van der Waals surface area (Å²) in [4.78, 5) is 20.6. The van der Waals surface area contributed by atoms with Crippen molar-refractivity contribution in [2.24, 2.45) is 0 Å². The van der Waals surface area contributed by atoms with E-state index in [0.29, 0.717) is 5.69 Å². The average molecular weight is 228 g/mol. The summed E-state index contributed by atoms with van der Waals surface area (Å²) < 4.78 is 0.853. The van der Waals surface area contributed by atoms with Crippen LogP contribution in [0.15, 0.2) is 28.7 Å². The monoisotopic (exact) mass is 227 g/mol. The summed E-state index contributed by atoms with van der Waals surface area (Å²) >= 11 is 3.23. The predicted molar refractivity (Wildman–Crippen MR) is 48.8 cm³/mol. The number of benzene rings is 1.